The summed E-state index contributed by atoms with van der Waals surface area (Å²) in [4.78, 5) is 30.5. The van der Waals surface area contributed by atoms with Gasteiger partial charge >= 0.3 is 11.8 Å². The predicted molar refractivity (Wildman–Crippen MR) is 112 cm³/mol. The van der Waals surface area contributed by atoms with E-state index in [-0.39, 0.29) is 24.4 Å². The van der Waals surface area contributed by atoms with Crippen LogP contribution in [0.25, 0.3) is 0 Å². The number of hydrogen-bond donors (Lipinski definition) is 2. The molecule has 1 aromatic heterocycles. The van der Waals surface area contributed by atoms with E-state index in [1.54, 1.807) is 23.5 Å². The Morgan fingerprint density at radius 3 is 2.41 bits per heavy atom. The summed E-state index contributed by atoms with van der Waals surface area (Å²) in [6.07, 6.45) is 0. The number of thiophene rings is 1. The molecule has 0 spiro atoms. The van der Waals surface area contributed by atoms with Gasteiger partial charge in [0.15, 0.2) is 0 Å². The average molecular weight is 419 g/mol. The lowest BCUT2D eigenvalue weighted by Gasteiger charge is -2.40. The fraction of sp³-hybridized carbons (Fsp3) is 0.429. The number of carbonyl (C=O) groups is 2. The van der Waals surface area contributed by atoms with Gasteiger partial charge in [0.1, 0.15) is 5.82 Å². The molecule has 0 bridgehead atoms. The van der Waals surface area contributed by atoms with Crippen molar-refractivity contribution in [1.29, 1.82) is 0 Å². The third kappa shape index (κ3) is 5.85. The topological polar surface area (TPSA) is 64.7 Å². The number of likely N-dealkylation sites (N-methyl/N-ethyl adjacent to an activating group) is 1. The number of rotatable bonds is 6. The molecule has 2 atom stereocenters. The lowest BCUT2D eigenvalue weighted by molar-refractivity contribution is -0.140. The highest BCUT2D eigenvalue weighted by Gasteiger charge is 2.31. The van der Waals surface area contributed by atoms with Crippen LogP contribution in [-0.2, 0) is 16.1 Å². The SMILES string of the molecule is C[C@@H](NC(=O)C(=O)NCc1ccc(F)cc1)[C@@H](c1cccs1)N1CCN(C)CC1. The van der Waals surface area contributed by atoms with Crippen molar-refractivity contribution in [2.45, 2.75) is 25.6 Å². The predicted octanol–water partition coefficient (Wildman–Crippen LogP) is 2.00. The second-order valence-corrected chi connectivity index (χ2v) is 8.35. The molecule has 2 N–H and O–H groups in total. The van der Waals surface area contributed by atoms with E-state index in [9.17, 15) is 14.0 Å². The first-order valence-corrected chi connectivity index (χ1v) is 10.6. The summed E-state index contributed by atoms with van der Waals surface area (Å²) in [6, 6.07) is 9.69. The normalized spacial score (nSPS) is 17.5. The first-order valence-electron chi connectivity index (χ1n) is 9.73. The van der Waals surface area contributed by atoms with Crippen molar-refractivity contribution < 1.29 is 14.0 Å². The summed E-state index contributed by atoms with van der Waals surface area (Å²) in [5, 5.41) is 7.48. The van der Waals surface area contributed by atoms with Crippen molar-refractivity contribution >= 4 is 23.2 Å². The Morgan fingerprint density at radius 1 is 1.10 bits per heavy atom. The van der Waals surface area contributed by atoms with Gasteiger partial charge in [-0.2, -0.15) is 0 Å². The Balaban J connectivity index is 1.59. The minimum atomic E-state index is -0.690. The number of carbonyl (C=O) groups excluding carboxylic acids is 2. The molecular formula is C21H27FN4O2S. The van der Waals surface area contributed by atoms with Gasteiger partial charge in [-0.15, -0.1) is 11.3 Å². The Hall–Kier alpha value is -2.29. The molecular weight excluding hydrogens is 391 g/mol. The molecule has 2 heterocycles. The molecule has 1 saturated heterocycles. The lowest BCUT2D eigenvalue weighted by atomic mass is 10.0. The van der Waals surface area contributed by atoms with Gasteiger partial charge in [-0.1, -0.05) is 18.2 Å². The molecule has 0 aliphatic carbocycles. The van der Waals surface area contributed by atoms with Crippen molar-refractivity contribution in [3.05, 3.63) is 58.0 Å². The maximum atomic E-state index is 13.0. The molecule has 1 aliphatic heterocycles. The number of hydrogen-bond acceptors (Lipinski definition) is 5. The van der Waals surface area contributed by atoms with E-state index in [0.717, 1.165) is 31.7 Å². The molecule has 8 heteroatoms. The fourth-order valence-electron chi connectivity index (χ4n) is 3.52. The third-order valence-corrected chi connectivity index (χ3v) is 6.11. The van der Waals surface area contributed by atoms with Crippen molar-refractivity contribution in [2.24, 2.45) is 0 Å². The van der Waals surface area contributed by atoms with Gasteiger partial charge in [0.05, 0.1) is 6.04 Å². The molecule has 6 nitrogen and oxygen atoms in total. The van der Waals surface area contributed by atoms with Crippen LogP contribution < -0.4 is 10.6 Å². The van der Waals surface area contributed by atoms with E-state index in [4.69, 9.17) is 0 Å². The van der Waals surface area contributed by atoms with Crippen LogP contribution in [0.5, 0.6) is 0 Å². The Labute approximate surface area is 174 Å². The highest BCUT2D eigenvalue weighted by Crippen LogP contribution is 2.29. The summed E-state index contributed by atoms with van der Waals surface area (Å²) in [5.74, 6) is -1.69. The zero-order valence-corrected chi connectivity index (χ0v) is 17.5. The number of nitrogens with zero attached hydrogens (tertiary/aromatic N) is 2. The Morgan fingerprint density at radius 2 is 1.79 bits per heavy atom. The molecule has 2 aromatic rings. The summed E-state index contributed by atoms with van der Waals surface area (Å²) in [7, 11) is 2.11. The molecule has 0 radical (unpaired) electrons. The van der Waals surface area contributed by atoms with Gasteiger partial charge in [0.25, 0.3) is 0 Å². The minimum absolute atomic E-state index is 0.0255. The van der Waals surface area contributed by atoms with E-state index in [0.29, 0.717) is 0 Å². The maximum Gasteiger partial charge on any atom is 0.309 e. The molecule has 0 saturated carbocycles. The standard InChI is InChI=1S/C21H27FN4O2S/c1-15(19(18-4-3-13-29-18)26-11-9-25(2)10-12-26)24-21(28)20(27)23-14-16-5-7-17(22)8-6-16/h3-8,13,15,19H,9-12,14H2,1-2H3,(H,23,27)(H,24,28)/t15-,19+/m1/s1. The highest BCUT2D eigenvalue weighted by atomic mass is 32.1. The van der Waals surface area contributed by atoms with Gasteiger partial charge < -0.3 is 15.5 Å². The van der Waals surface area contributed by atoms with Gasteiger partial charge in [0, 0.05) is 43.6 Å². The van der Waals surface area contributed by atoms with Gasteiger partial charge in [-0.25, -0.2) is 4.39 Å². The number of benzene rings is 1. The van der Waals surface area contributed by atoms with Crippen LogP contribution in [0.15, 0.2) is 41.8 Å². The average Bonchev–Trinajstić information content (AvgIpc) is 3.23. The molecule has 29 heavy (non-hydrogen) atoms. The second-order valence-electron chi connectivity index (χ2n) is 7.37. The smallest absolute Gasteiger partial charge is 0.309 e. The fourth-order valence-corrected chi connectivity index (χ4v) is 4.48. The van der Waals surface area contributed by atoms with Crippen molar-refractivity contribution in [2.75, 3.05) is 33.2 Å². The molecule has 1 fully saturated rings. The monoisotopic (exact) mass is 418 g/mol. The van der Waals surface area contributed by atoms with Crippen LogP contribution in [-0.4, -0.2) is 60.9 Å². The third-order valence-electron chi connectivity index (χ3n) is 5.17. The number of amides is 2. The highest BCUT2D eigenvalue weighted by molar-refractivity contribution is 7.10. The Bertz CT molecular complexity index is 805. The van der Waals surface area contributed by atoms with Crippen LogP contribution in [0, 0.1) is 5.82 Å². The molecule has 1 aromatic carbocycles. The second kappa shape index (κ2) is 9.96. The van der Waals surface area contributed by atoms with Gasteiger partial charge in [-0.3, -0.25) is 14.5 Å². The first-order chi connectivity index (χ1) is 13.9. The van der Waals surface area contributed by atoms with Crippen LogP contribution >= 0.6 is 11.3 Å². The minimum Gasteiger partial charge on any atom is -0.344 e. The van der Waals surface area contributed by atoms with Crippen molar-refractivity contribution in [3.63, 3.8) is 0 Å². The molecule has 0 unspecified atom stereocenters. The van der Waals surface area contributed by atoms with E-state index in [1.807, 2.05) is 18.4 Å². The van der Waals surface area contributed by atoms with Crippen LogP contribution in [0.3, 0.4) is 0 Å². The summed E-state index contributed by atoms with van der Waals surface area (Å²) in [6.45, 7) is 5.88. The summed E-state index contributed by atoms with van der Waals surface area (Å²) >= 11 is 1.66. The number of piperazine rings is 1. The largest absolute Gasteiger partial charge is 0.344 e. The van der Waals surface area contributed by atoms with Gasteiger partial charge in [0.2, 0.25) is 0 Å². The summed E-state index contributed by atoms with van der Waals surface area (Å²) < 4.78 is 13.0. The Kier molecular flexibility index (Phi) is 7.35. The van der Waals surface area contributed by atoms with E-state index in [1.165, 1.54) is 17.0 Å². The van der Waals surface area contributed by atoms with E-state index >= 15 is 0 Å². The lowest BCUT2D eigenvalue weighted by Crippen LogP contribution is -2.53. The molecule has 2 amide bonds. The zero-order chi connectivity index (χ0) is 20.8. The van der Waals surface area contributed by atoms with Gasteiger partial charge in [-0.05, 0) is 43.1 Å². The van der Waals surface area contributed by atoms with Crippen molar-refractivity contribution in [1.82, 2.24) is 20.4 Å². The van der Waals surface area contributed by atoms with Crippen LogP contribution in [0.2, 0.25) is 0 Å². The quantitative estimate of drug-likeness (QED) is 0.705. The maximum absolute atomic E-state index is 13.0. The first kappa shape index (κ1) is 21.4. The van der Waals surface area contributed by atoms with Crippen LogP contribution in [0.1, 0.15) is 23.4 Å². The van der Waals surface area contributed by atoms with E-state index in [2.05, 4.69) is 33.5 Å². The molecule has 156 valence electrons. The van der Waals surface area contributed by atoms with E-state index < -0.39 is 11.8 Å². The molecule has 3 rings (SSSR count). The number of nitrogens with one attached hydrogen (secondary N) is 2. The zero-order valence-electron chi connectivity index (χ0n) is 16.7. The number of halogens is 1. The van der Waals surface area contributed by atoms with Crippen LogP contribution in [0.4, 0.5) is 4.39 Å². The van der Waals surface area contributed by atoms with Crippen molar-refractivity contribution in [3.8, 4) is 0 Å². The molecule has 1 aliphatic rings. The summed E-state index contributed by atoms with van der Waals surface area (Å²) in [5.41, 5.74) is 0.731.